The van der Waals surface area contributed by atoms with Gasteiger partial charge in [0.05, 0.1) is 11.1 Å². The fourth-order valence-corrected chi connectivity index (χ4v) is 5.56. The van der Waals surface area contributed by atoms with Crippen LogP contribution >= 0.6 is 23.1 Å². The highest BCUT2D eigenvalue weighted by molar-refractivity contribution is 7.98. The molecule has 32 heavy (non-hydrogen) atoms. The monoisotopic (exact) mass is 459 g/mol. The molecule has 8 heteroatoms. The normalized spacial score (nSPS) is 11.3. The Hall–Kier alpha value is -3.23. The second-order valence-electron chi connectivity index (χ2n) is 7.61. The van der Waals surface area contributed by atoms with Crippen molar-refractivity contribution in [2.45, 2.75) is 24.8 Å². The summed E-state index contributed by atoms with van der Waals surface area (Å²) in [5.41, 5.74) is 4.12. The fraction of sp³-hybridized carbons (Fsp3) is 0.167. The summed E-state index contributed by atoms with van der Waals surface area (Å²) in [6.07, 6.45) is 0. The summed E-state index contributed by atoms with van der Waals surface area (Å²) in [5.74, 6) is 1.94. The number of thiophene rings is 1. The largest absolute Gasteiger partial charge is 0.309 e. The number of aromatic amines is 1. The number of aromatic nitrogens is 5. The van der Waals surface area contributed by atoms with E-state index in [2.05, 4.69) is 46.4 Å². The van der Waals surface area contributed by atoms with Gasteiger partial charge in [-0.3, -0.25) is 4.79 Å². The van der Waals surface area contributed by atoms with Crippen LogP contribution in [0.5, 0.6) is 0 Å². The van der Waals surface area contributed by atoms with E-state index in [1.165, 1.54) is 17.3 Å². The number of rotatable bonds is 5. The summed E-state index contributed by atoms with van der Waals surface area (Å²) >= 11 is 3.06. The van der Waals surface area contributed by atoms with Crippen molar-refractivity contribution in [3.8, 4) is 22.5 Å². The van der Waals surface area contributed by atoms with Crippen LogP contribution in [0.2, 0.25) is 0 Å². The van der Waals surface area contributed by atoms with Gasteiger partial charge in [-0.05, 0) is 19.4 Å². The molecule has 0 spiro atoms. The molecule has 0 unspecified atom stereocenters. The van der Waals surface area contributed by atoms with E-state index in [1.54, 1.807) is 11.3 Å². The van der Waals surface area contributed by atoms with Gasteiger partial charge in [-0.2, -0.15) is 0 Å². The summed E-state index contributed by atoms with van der Waals surface area (Å²) in [7, 11) is 1.94. The summed E-state index contributed by atoms with van der Waals surface area (Å²) in [4.78, 5) is 22.6. The van der Waals surface area contributed by atoms with Crippen LogP contribution in [0.3, 0.4) is 0 Å². The second-order valence-corrected chi connectivity index (χ2v) is 9.76. The number of hydrogen-bond donors (Lipinski definition) is 1. The van der Waals surface area contributed by atoms with E-state index in [0.717, 1.165) is 37.4 Å². The lowest BCUT2D eigenvalue weighted by Crippen LogP contribution is -2.11. The Morgan fingerprint density at radius 2 is 1.75 bits per heavy atom. The predicted molar refractivity (Wildman–Crippen MR) is 131 cm³/mol. The Bertz CT molecular complexity index is 1470. The van der Waals surface area contributed by atoms with Gasteiger partial charge in [0.15, 0.2) is 11.0 Å². The van der Waals surface area contributed by atoms with Crippen LogP contribution in [-0.2, 0) is 12.8 Å². The molecule has 0 atom stereocenters. The maximum Gasteiger partial charge on any atom is 0.260 e. The van der Waals surface area contributed by atoms with Crippen LogP contribution in [0.25, 0.3) is 32.7 Å². The van der Waals surface area contributed by atoms with E-state index >= 15 is 0 Å². The predicted octanol–water partition coefficient (Wildman–Crippen LogP) is 5.36. The maximum atomic E-state index is 13.0. The Morgan fingerprint density at radius 1 is 1.00 bits per heavy atom. The second kappa shape index (κ2) is 8.37. The summed E-state index contributed by atoms with van der Waals surface area (Å²) in [6, 6.07) is 18.2. The van der Waals surface area contributed by atoms with Crippen LogP contribution in [-0.4, -0.2) is 24.7 Å². The molecule has 0 fully saturated rings. The van der Waals surface area contributed by atoms with Crippen molar-refractivity contribution in [1.29, 1.82) is 0 Å². The van der Waals surface area contributed by atoms with Crippen LogP contribution in [0.1, 0.15) is 16.3 Å². The lowest BCUT2D eigenvalue weighted by molar-refractivity contribution is 0.793. The molecule has 0 saturated heterocycles. The van der Waals surface area contributed by atoms with Crippen LogP contribution in [0, 0.1) is 13.8 Å². The molecule has 0 amide bonds. The smallest absolute Gasteiger partial charge is 0.260 e. The molecule has 6 nitrogen and oxygen atoms in total. The van der Waals surface area contributed by atoms with Gasteiger partial charge in [0.1, 0.15) is 10.7 Å². The average molecular weight is 460 g/mol. The van der Waals surface area contributed by atoms with Gasteiger partial charge < -0.3 is 9.55 Å². The first-order chi connectivity index (χ1) is 15.5. The number of benzene rings is 2. The van der Waals surface area contributed by atoms with Crippen molar-refractivity contribution in [2.75, 3.05) is 0 Å². The highest BCUT2D eigenvalue weighted by Crippen LogP contribution is 2.36. The molecule has 5 aromatic rings. The minimum atomic E-state index is -0.103. The molecule has 1 N–H and O–H groups in total. The maximum absolute atomic E-state index is 13.0. The van der Waals surface area contributed by atoms with Crippen LogP contribution in [0.4, 0.5) is 0 Å². The van der Waals surface area contributed by atoms with E-state index in [9.17, 15) is 4.79 Å². The standard InChI is InChI=1S/C24H21N5OS2/c1-14-9-11-16(12-10-14)19-15(2)32-23-20(19)22(30)25-18(26-23)13-31-24-28-27-21(29(24)3)17-7-5-4-6-8-17/h4-12H,13H2,1-3H3,(H,25,26,30). The van der Waals surface area contributed by atoms with E-state index in [4.69, 9.17) is 4.98 Å². The van der Waals surface area contributed by atoms with Crippen LogP contribution in [0.15, 0.2) is 64.5 Å². The third kappa shape index (κ3) is 3.76. The van der Waals surface area contributed by atoms with Gasteiger partial charge in [0, 0.05) is 23.1 Å². The molecule has 160 valence electrons. The number of nitrogens with zero attached hydrogens (tertiary/aromatic N) is 4. The molecule has 0 aliphatic heterocycles. The number of thioether (sulfide) groups is 1. The lowest BCUT2D eigenvalue weighted by atomic mass is 10.0. The van der Waals surface area contributed by atoms with Crippen molar-refractivity contribution in [1.82, 2.24) is 24.7 Å². The highest BCUT2D eigenvalue weighted by Gasteiger charge is 2.17. The zero-order valence-electron chi connectivity index (χ0n) is 17.9. The Balaban J connectivity index is 1.44. The quantitative estimate of drug-likeness (QED) is 0.358. The molecule has 0 radical (unpaired) electrons. The summed E-state index contributed by atoms with van der Waals surface area (Å²) < 4.78 is 1.96. The first-order valence-electron chi connectivity index (χ1n) is 10.2. The lowest BCUT2D eigenvalue weighted by Gasteiger charge is -2.05. The van der Waals surface area contributed by atoms with Crippen molar-refractivity contribution in [2.24, 2.45) is 7.05 Å². The molecule has 3 aromatic heterocycles. The molecular weight excluding hydrogens is 438 g/mol. The fourth-order valence-electron chi connectivity index (χ4n) is 3.71. The van der Waals surface area contributed by atoms with Gasteiger partial charge in [0.2, 0.25) is 0 Å². The SMILES string of the molecule is Cc1ccc(-c2c(C)sc3nc(CSc4nnc(-c5ccccc5)n4C)[nH]c(=O)c23)cc1. The van der Waals surface area contributed by atoms with E-state index in [-0.39, 0.29) is 5.56 Å². The number of H-pyrrole nitrogens is 1. The molecule has 0 aliphatic rings. The van der Waals surface area contributed by atoms with Gasteiger partial charge in [0.25, 0.3) is 5.56 Å². The molecule has 0 aliphatic carbocycles. The molecular formula is C24H21N5OS2. The third-order valence-corrected chi connectivity index (χ3v) is 7.36. The van der Waals surface area contributed by atoms with Crippen molar-refractivity contribution in [3.63, 3.8) is 0 Å². The number of aryl methyl sites for hydroxylation is 2. The Morgan fingerprint density at radius 3 is 2.50 bits per heavy atom. The van der Waals surface area contributed by atoms with Gasteiger partial charge in [-0.25, -0.2) is 4.98 Å². The van der Waals surface area contributed by atoms with Crippen LogP contribution < -0.4 is 5.56 Å². The van der Waals surface area contributed by atoms with Crippen molar-refractivity contribution in [3.05, 3.63) is 81.2 Å². The third-order valence-electron chi connectivity index (χ3n) is 5.33. The van der Waals surface area contributed by atoms with E-state index < -0.39 is 0 Å². The molecule has 0 saturated carbocycles. The molecule has 2 aromatic carbocycles. The first kappa shape index (κ1) is 20.7. The number of nitrogens with one attached hydrogen (secondary N) is 1. The topological polar surface area (TPSA) is 76.5 Å². The number of fused-ring (bicyclic) bond motifs is 1. The van der Waals surface area contributed by atoms with Crippen molar-refractivity contribution < 1.29 is 0 Å². The van der Waals surface area contributed by atoms with Gasteiger partial charge >= 0.3 is 0 Å². The minimum absolute atomic E-state index is 0.103. The zero-order chi connectivity index (χ0) is 22.2. The number of hydrogen-bond acceptors (Lipinski definition) is 6. The highest BCUT2D eigenvalue weighted by atomic mass is 32.2. The molecule has 0 bridgehead atoms. The molecule has 5 rings (SSSR count). The minimum Gasteiger partial charge on any atom is -0.309 e. The van der Waals surface area contributed by atoms with Gasteiger partial charge in [-0.15, -0.1) is 21.5 Å². The van der Waals surface area contributed by atoms with E-state index in [0.29, 0.717) is 17.0 Å². The molecule has 3 heterocycles. The summed E-state index contributed by atoms with van der Waals surface area (Å²) in [5, 5.41) is 10.1. The van der Waals surface area contributed by atoms with E-state index in [1.807, 2.05) is 48.9 Å². The first-order valence-corrected chi connectivity index (χ1v) is 12.0. The zero-order valence-corrected chi connectivity index (χ0v) is 19.5. The van der Waals surface area contributed by atoms with Gasteiger partial charge in [-0.1, -0.05) is 71.9 Å². The Kier molecular flexibility index (Phi) is 5.40. The average Bonchev–Trinajstić information content (AvgIpc) is 3.33. The Labute approximate surface area is 193 Å². The summed E-state index contributed by atoms with van der Waals surface area (Å²) in [6.45, 7) is 4.10. The van der Waals surface area contributed by atoms with Crippen molar-refractivity contribution >= 4 is 33.3 Å².